The molecule has 0 aromatic carbocycles. The Bertz CT molecular complexity index is 315. The van der Waals surface area contributed by atoms with Crippen molar-refractivity contribution in [3.8, 4) is 0 Å². The second kappa shape index (κ2) is 5.06. The molecule has 2 nitrogen and oxygen atoms in total. The van der Waals surface area contributed by atoms with Crippen molar-refractivity contribution in [2.45, 2.75) is 38.5 Å². The number of Topliss-reactive ketones (excluding diaryl/α,β-unsaturated/α-hetero) is 1. The Morgan fingerprint density at radius 3 is 2.80 bits per heavy atom. The fraction of sp³-hybridized carbons (Fsp3) is 0.538. The summed E-state index contributed by atoms with van der Waals surface area (Å²) in [6, 6.07) is 3.69. The van der Waals surface area contributed by atoms with Gasteiger partial charge in [0, 0.05) is 24.4 Å². The van der Waals surface area contributed by atoms with Crippen molar-refractivity contribution in [3.05, 3.63) is 30.1 Å². The molecule has 0 N–H and O–H groups in total. The maximum Gasteiger partial charge on any atom is 0.164 e. The summed E-state index contributed by atoms with van der Waals surface area (Å²) in [6.07, 6.45) is 10.5. The van der Waals surface area contributed by atoms with E-state index in [1.807, 2.05) is 12.1 Å². The first-order chi connectivity index (χ1) is 7.36. The lowest BCUT2D eigenvalue weighted by Gasteiger charge is -2.20. The average molecular weight is 203 g/mol. The quantitative estimate of drug-likeness (QED) is 0.706. The zero-order valence-electron chi connectivity index (χ0n) is 8.98. The summed E-state index contributed by atoms with van der Waals surface area (Å²) in [4.78, 5) is 15.9. The molecule has 1 aliphatic rings. The minimum Gasteiger partial charge on any atom is -0.294 e. The van der Waals surface area contributed by atoms with Crippen molar-refractivity contribution in [1.29, 1.82) is 0 Å². The van der Waals surface area contributed by atoms with Crippen LogP contribution in [-0.4, -0.2) is 10.8 Å². The second-order valence-corrected chi connectivity index (χ2v) is 4.37. The summed E-state index contributed by atoms with van der Waals surface area (Å²) in [5.74, 6) is 0.876. The molecule has 1 aromatic heterocycles. The van der Waals surface area contributed by atoms with Crippen LogP contribution in [0.3, 0.4) is 0 Å². The lowest BCUT2D eigenvalue weighted by molar-refractivity contribution is 0.0950. The van der Waals surface area contributed by atoms with E-state index >= 15 is 0 Å². The van der Waals surface area contributed by atoms with Gasteiger partial charge in [-0.15, -0.1) is 0 Å². The standard InChI is InChI=1S/C13H17NO/c15-13(12-7-4-8-14-10-12)9-11-5-2-1-3-6-11/h4,7-8,10-11H,1-3,5-6,9H2. The molecule has 0 unspecified atom stereocenters. The molecule has 1 fully saturated rings. The smallest absolute Gasteiger partial charge is 0.164 e. The van der Waals surface area contributed by atoms with E-state index in [1.54, 1.807) is 12.4 Å². The van der Waals surface area contributed by atoms with E-state index in [4.69, 9.17) is 0 Å². The molecule has 2 rings (SSSR count). The highest BCUT2D eigenvalue weighted by atomic mass is 16.1. The Labute approximate surface area is 90.7 Å². The number of nitrogens with zero attached hydrogens (tertiary/aromatic N) is 1. The van der Waals surface area contributed by atoms with Gasteiger partial charge in [-0.1, -0.05) is 32.1 Å². The lowest BCUT2D eigenvalue weighted by Crippen LogP contribution is -2.12. The summed E-state index contributed by atoms with van der Waals surface area (Å²) >= 11 is 0. The van der Waals surface area contributed by atoms with Gasteiger partial charge in [-0.05, 0) is 18.1 Å². The Hall–Kier alpha value is -1.18. The number of hydrogen-bond acceptors (Lipinski definition) is 2. The molecule has 1 aliphatic carbocycles. The molecule has 0 atom stereocenters. The van der Waals surface area contributed by atoms with Crippen LogP contribution >= 0.6 is 0 Å². The van der Waals surface area contributed by atoms with Crippen molar-refractivity contribution < 1.29 is 4.79 Å². The van der Waals surface area contributed by atoms with Gasteiger partial charge in [0.25, 0.3) is 0 Å². The van der Waals surface area contributed by atoms with E-state index in [-0.39, 0.29) is 5.78 Å². The van der Waals surface area contributed by atoms with Crippen LogP contribution in [0, 0.1) is 5.92 Å². The van der Waals surface area contributed by atoms with Gasteiger partial charge in [-0.3, -0.25) is 9.78 Å². The molecule has 0 saturated heterocycles. The van der Waals surface area contributed by atoms with Crippen molar-refractivity contribution in [1.82, 2.24) is 4.98 Å². The first kappa shape index (κ1) is 10.3. The van der Waals surface area contributed by atoms with Crippen LogP contribution in [0.2, 0.25) is 0 Å². The normalized spacial score (nSPS) is 17.6. The largest absolute Gasteiger partial charge is 0.294 e. The zero-order valence-corrected chi connectivity index (χ0v) is 8.98. The molecule has 2 heteroatoms. The number of rotatable bonds is 3. The van der Waals surface area contributed by atoms with E-state index < -0.39 is 0 Å². The van der Waals surface area contributed by atoms with Gasteiger partial charge in [0.05, 0.1) is 0 Å². The van der Waals surface area contributed by atoms with Gasteiger partial charge < -0.3 is 0 Å². The molecule has 0 amide bonds. The molecule has 1 aromatic rings. The molecule has 80 valence electrons. The molecular formula is C13H17NO. The van der Waals surface area contributed by atoms with E-state index in [2.05, 4.69) is 4.98 Å². The molecule has 0 aliphatic heterocycles. The second-order valence-electron chi connectivity index (χ2n) is 4.37. The zero-order chi connectivity index (χ0) is 10.5. The summed E-state index contributed by atoms with van der Waals surface area (Å²) in [5, 5.41) is 0. The van der Waals surface area contributed by atoms with Crippen LogP contribution in [0.5, 0.6) is 0 Å². The van der Waals surface area contributed by atoms with Crippen molar-refractivity contribution in [3.63, 3.8) is 0 Å². The fourth-order valence-corrected chi connectivity index (χ4v) is 2.30. The Balaban J connectivity index is 1.91. The van der Waals surface area contributed by atoms with E-state index in [0.29, 0.717) is 12.3 Å². The van der Waals surface area contributed by atoms with E-state index in [0.717, 1.165) is 5.56 Å². The third kappa shape index (κ3) is 2.88. The molecule has 0 spiro atoms. The highest BCUT2D eigenvalue weighted by molar-refractivity contribution is 5.95. The average Bonchev–Trinajstić information content (AvgIpc) is 2.31. The van der Waals surface area contributed by atoms with Crippen LogP contribution in [0.15, 0.2) is 24.5 Å². The van der Waals surface area contributed by atoms with Crippen molar-refractivity contribution in [2.24, 2.45) is 5.92 Å². The Morgan fingerprint density at radius 2 is 2.13 bits per heavy atom. The highest BCUT2D eigenvalue weighted by Gasteiger charge is 2.17. The maximum absolute atomic E-state index is 11.9. The summed E-state index contributed by atoms with van der Waals surface area (Å²) in [7, 11) is 0. The minimum atomic E-state index is 0.259. The van der Waals surface area contributed by atoms with Gasteiger partial charge >= 0.3 is 0 Å². The molecule has 15 heavy (non-hydrogen) atoms. The first-order valence-electron chi connectivity index (χ1n) is 5.79. The van der Waals surface area contributed by atoms with Crippen LogP contribution in [0.25, 0.3) is 0 Å². The number of pyridine rings is 1. The predicted octanol–water partition coefficient (Wildman–Crippen LogP) is 3.23. The van der Waals surface area contributed by atoms with E-state index in [9.17, 15) is 4.79 Å². The molecular weight excluding hydrogens is 186 g/mol. The number of carbonyl (C=O) groups is 1. The molecule has 1 saturated carbocycles. The molecule has 1 heterocycles. The van der Waals surface area contributed by atoms with Crippen LogP contribution in [-0.2, 0) is 0 Å². The van der Waals surface area contributed by atoms with Crippen LogP contribution in [0.1, 0.15) is 48.9 Å². The third-order valence-corrected chi connectivity index (χ3v) is 3.18. The topological polar surface area (TPSA) is 30.0 Å². The predicted molar refractivity (Wildman–Crippen MR) is 59.8 cm³/mol. The monoisotopic (exact) mass is 203 g/mol. The maximum atomic E-state index is 11.9. The van der Waals surface area contributed by atoms with Crippen molar-refractivity contribution >= 4 is 5.78 Å². The number of ketones is 1. The van der Waals surface area contributed by atoms with Gasteiger partial charge in [-0.25, -0.2) is 0 Å². The Morgan fingerprint density at radius 1 is 1.33 bits per heavy atom. The fourth-order valence-electron chi connectivity index (χ4n) is 2.30. The Kier molecular flexibility index (Phi) is 3.49. The molecule has 0 bridgehead atoms. The van der Waals surface area contributed by atoms with Crippen LogP contribution in [0.4, 0.5) is 0 Å². The van der Waals surface area contributed by atoms with Crippen LogP contribution < -0.4 is 0 Å². The van der Waals surface area contributed by atoms with Gasteiger partial charge in [0.2, 0.25) is 0 Å². The first-order valence-corrected chi connectivity index (χ1v) is 5.79. The SMILES string of the molecule is O=C(CC1CCCCC1)c1cccnc1. The van der Waals surface area contributed by atoms with E-state index in [1.165, 1.54) is 32.1 Å². The number of carbonyl (C=O) groups excluding carboxylic acids is 1. The van der Waals surface area contributed by atoms with Gasteiger partial charge in [0.15, 0.2) is 5.78 Å². The highest BCUT2D eigenvalue weighted by Crippen LogP contribution is 2.27. The summed E-state index contributed by atoms with van der Waals surface area (Å²) < 4.78 is 0. The minimum absolute atomic E-state index is 0.259. The van der Waals surface area contributed by atoms with Gasteiger partial charge in [0.1, 0.15) is 0 Å². The summed E-state index contributed by atoms with van der Waals surface area (Å²) in [6.45, 7) is 0. The number of hydrogen-bond donors (Lipinski definition) is 0. The number of aromatic nitrogens is 1. The third-order valence-electron chi connectivity index (χ3n) is 3.18. The van der Waals surface area contributed by atoms with Crippen molar-refractivity contribution in [2.75, 3.05) is 0 Å². The summed E-state index contributed by atoms with van der Waals surface area (Å²) in [5.41, 5.74) is 0.767. The van der Waals surface area contributed by atoms with Gasteiger partial charge in [-0.2, -0.15) is 0 Å². The molecule has 0 radical (unpaired) electrons. The lowest BCUT2D eigenvalue weighted by atomic mass is 9.85.